The number of nitrogens with one attached hydrogen (secondary N) is 1. The Bertz CT molecular complexity index is 936. The fourth-order valence-electron chi connectivity index (χ4n) is 3.25. The van der Waals surface area contributed by atoms with Crippen LogP contribution in [0.15, 0.2) is 42.6 Å². The van der Waals surface area contributed by atoms with Crippen molar-refractivity contribution < 1.29 is 23.9 Å². The second-order valence-electron chi connectivity index (χ2n) is 6.62. The number of pyridine rings is 1. The van der Waals surface area contributed by atoms with E-state index < -0.39 is 41.7 Å². The van der Waals surface area contributed by atoms with Gasteiger partial charge in [-0.25, -0.2) is 23.9 Å². The van der Waals surface area contributed by atoms with Crippen molar-refractivity contribution in [2.45, 2.75) is 25.4 Å². The first-order valence-electron chi connectivity index (χ1n) is 8.60. The minimum Gasteiger partial charge on any atom is -0.480 e. The number of amides is 3. The van der Waals surface area contributed by atoms with E-state index >= 15 is 0 Å². The molecular formula is C19H19FN4O4. The number of hydrogen-bond acceptors (Lipinski definition) is 5. The standard InChI is InChI=1S/C19H19FN4O4/c1-10(12-3-2-4-13(20)9-12)23-19(28)24-16(18(26)27)14(17(24)25)7-11-5-6-22-15(21)8-11/h2-6,8-10,14,16H,7H2,1H3,(H2,21,22)(H,23,28)(H,26,27)/t10-,14?,16+/m1/s1. The summed E-state index contributed by atoms with van der Waals surface area (Å²) in [6, 6.07) is 6.11. The number of rotatable bonds is 5. The molecule has 9 heteroatoms. The Kier molecular flexibility index (Phi) is 5.25. The molecule has 1 aliphatic rings. The first-order chi connectivity index (χ1) is 13.3. The number of carboxylic acid groups (broad SMARTS) is 1. The SMILES string of the molecule is C[C@@H](NC(=O)N1C(=O)C(Cc2ccnc(N)c2)[C@H]1C(=O)O)c1cccc(F)c1. The fourth-order valence-corrected chi connectivity index (χ4v) is 3.25. The highest BCUT2D eigenvalue weighted by Crippen LogP contribution is 2.31. The lowest BCUT2D eigenvalue weighted by molar-refractivity contribution is -0.165. The lowest BCUT2D eigenvalue weighted by Gasteiger charge is -2.43. The van der Waals surface area contributed by atoms with Crippen LogP contribution in [0.5, 0.6) is 0 Å². The smallest absolute Gasteiger partial charge is 0.327 e. The van der Waals surface area contributed by atoms with E-state index in [0.717, 1.165) is 0 Å². The van der Waals surface area contributed by atoms with Gasteiger partial charge in [0.2, 0.25) is 5.91 Å². The van der Waals surface area contributed by atoms with E-state index in [4.69, 9.17) is 5.73 Å². The number of likely N-dealkylation sites (tertiary alicyclic amines) is 1. The largest absolute Gasteiger partial charge is 0.480 e. The van der Waals surface area contributed by atoms with E-state index in [1.165, 1.54) is 24.4 Å². The molecule has 3 atom stereocenters. The molecule has 1 aliphatic heterocycles. The molecule has 4 N–H and O–H groups in total. The van der Waals surface area contributed by atoms with Crippen molar-refractivity contribution in [3.8, 4) is 0 Å². The van der Waals surface area contributed by atoms with Crippen LogP contribution in [0.3, 0.4) is 0 Å². The predicted molar refractivity (Wildman–Crippen MR) is 97.5 cm³/mol. The lowest BCUT2D eigenvalue weighted by atomic mass is 9.82. The number of carbonyl (C=O) groups excluding carboxylic acids is 2. The third-order valence-corrected chi connectivity index (χ3v) is 4.68. The molecule has 3 rings (SSSR count). The van der Waals surface area contributed by atoms with E-state index in [2.05, 4.69) is 10.3 Å². The van der Waals surface area contributed by atoms with Crippen molar-refractivity contribution in [3.05, 3.63) is 59.5 Å². The molecule has 1 saturated heterocycles. The summed E-state index contributed by atoms with van der Waals surface area (Å²) in [6.07, 6.45) is 1.60. The van der Waals surface area contributed by atoms with Gasteiger partial charge in [-0.1, -0.05) is 12.1 Å². The van der Waals surface area contributed by atoms with Gasteiger partial charge in [-0.3, -0.25) is 4.79 Å². The fraction of sp³-hybridized carbons (Fsp3) is 0.263. The summed E-state index contributed by atoms with van der Waals surface area (Å²) in [7, 11) is 0. The number of anilines is 1. The molecule has 2 heterocycles. The number of benzene rings is 1. The number of urea groups is 1. The molecule has 8 nitrogen and oxygen atoms in total. The molecule has 0 aliphatic carbocycles. The molecule has 1 unspecified atom stereocenters. The van der Waals surface area contributed by atoms with Gasteiger partial charge in [0, 0.05) is 6.20 Å². The van der Waals surface area contributed by atoms with Crippen LogP contribution in [0.25, 0.3) is 0 Å². The third-order valence-electron chi connectivity index (χ3n) is 4.68. The number of imide groups is 1. The highest BCUT2D eigenvalue weighted by atomic mass is 19.1. The molecule has 2 aromatic rings. The minimum atomic E-state index is -1.29. The summed E-state index contributed by atoms with van der Waals surface area (Å²) in [5, 5.41) is 12.0. The maximum absolute atomic E-state index is 13.3. The first kappa shape index (κ1) is 19.3. The van der Waals surface area contributed by atoms with E-state index in [-0.39, 0.29) is 12.2 Å². The highest BCUT2D eigenvalue weighted by molar-refractivity contribution is 6.07. The summed E-state index contributed by atoms with van der Waals surface area (Å²) in [5.41, 5.74) is 6.76. The Morgan fingerprint density at radius 3 is 2.75 bits per heavy atom. The normalized spacial score (nSPS) is 19.6. The van der Waals surface area contributed by atoms with Crippen LogP contribution >= 0.6 is 0 Å². The molecule has 3 amide bonds. The van der Waals surface area contributed by atoms with Gasteiger partial charge in [0.05, 0.1) is 12.0 Å². The highest BCUT2D eigenvalue weighted by Gasteiger charge is 2.54. The summed E-state index contributed by atoms with van der Waals surface area (Å²) in [4.78, 5) is 41.1. The Hall–Kier alpha value is -3.49. The summed E-state index contributed by atoms with van der Waals surface area (Å²) >= 11 is 0. The van der Waals surface area contributed by atoms with Gasteiger partial charge in [0.1, 0.15) is 11.6 Å². The van der Waals surface area contributed by atoms with Crippen molar-refractivity contribution >= 4 is 23.7 Å². The number of carbonyl (C=O) groups is 3. The van der Waals surface area contributed by atoms with Crippen molar-refractivity contribution in [1.29, 1.82) is 0 Å². The molecule has 28 heavy (non-hydrogen) atoms. The van der Waals surface area contributed by atoms with Gasteiger partial charge in [0.15, 0.2) is 6.04 Å². The van der Waals surface area contributed by atoms with E-state index in [9.17, 15) is 23.9 Å². The molecule has 0 radical (unpaired) electrons. The van der Waals surface area contributed by atoms with Crippen LogP contribution in [0.1, 0.15) is 24.1 Å². The first-order valence-corrected chi connectivity index (χ1v) is 8.60. The summed E-state index contributed by atoms with van der Waals surface area (Å²) in [5.74, 6) is -2.95. The number of aliphatic carboxylic acids is 1. The number of nitrogens with zero attached hydrogens (tertiary/aromatic N) is 2. The Morgan fingerprint density at radius 2 is 2.11 bits per heavy atom. The van der Waals surface area contributed by atoms with E-state index in [1.807, 2.05) is 0 Å². The average Bonchev–Trinajstić information content (AvgIpc) is 2.63. The van der Waals surface area contributed by atoms with Gasteiger partial charge in [0.25, 0.3) is 0 Å². The number of β-lactam (4-membered cyclic amide) rings is 1. The van der Waals surface area contributed by atoms with Crippen molar-refractivity contribution in [3.63, 3.8) is 0 Å². The van der Waals surface area contributed by atoms with Gasteiger partial charge in [-0.2, -0.15) is 0 Å². The molecule has 0 spiro atoms. The molecule has 0 saturated carbocycles. The molecule has 1 aromatic heterocycles. The monoisotopic (exact) mass is 386 g/mol. The lowest BCUT2D eigenvalue weighted by Crippen LogP contribution is -2.68. The van der Waals surface area contributed by atoms with Crippen molar-refractivity contribution in [2.24, 2.45) is 5.92 Å². The molecule has 1 aromatic carbocycles. The zero-order chi connectivity index (χ0) is 20.4. The number of carboxylic acids is 1. The molecular weight excluding hydrogens is 367 g/mol. The number of nitrogens with two attached hydrogens (primary N) is 1. The third kappa shape index (κ3) is 3.78. The van der Waals surface area contributed by atoms with Crippen LogP contribution in [-0.2, 0) is 16.0 Å². The Balaban J connectivity index is 1.71. The Labute approximate surface area is 160 Å². The van der Waals surface area contributed by atoms with Crippen LogP contribution < -0.4 is 11.1 Å². The van der Waals surface area contributed by atoms with Gasteiger partial charge < -0.3 is 16.2 Å². The van der Waals surface area contributed by atoms with Gasteiger partial charge in [-0.15, -0.1) is 0 Å². The second kappa shape index (κ2) is 7.63. The second-order valence-corrected chi connectivity index (χ2v) is 6.62. The van der Waals surface area contributed by atoms with Crippen molar-refractivity contribution in [2.75, 3.05) is 5.73 Å². The maximum atomic E-state index is 13.3. The quantitative estimate of drug-likeness (QED) is 0.672. The number of hydrogen-bond donors (Lipinski definition) is 3. The molecule has 146 valence electrons. The van der Waals surface area contributed by atoms with Gasteiger partial charge >= 0.3 is 12.0 Å². The van der Waals surface area contributed by atoms with Gasteiger partial charge in [-0.05, 0) is 48.7 Å². The van der Waals surface area contributed by atoms with Crippen LogP contribution in [0.4, 0.5) is 15.0 Å². The van der Waals surface area contributed by atoms with E-state index in [1.54, 1.807) is 25.1 Å². The molecule has 0 bridgehead atoms. The van der Waals surface area contributed by atoms with E-state index in [0.29, 0.717) is 16.0 Å². The Morgan fingerprint density at radius 1 is 1.36 bits per heavy atom. The number of aromatic nitrogens is 1. The summed E-state index contributed by atoms with van der Waals surface area (Å²) < 4.78 is 13.3. The number of halogens is 1. The molecule has 1 fully saturated rings. The van der Waals surface area contributed by atoms with Crippen LogP contribution in [-0.4, -0.2) is 38.9 Å². The van der Waals surface area contributed by atoms with Crippen LogP contribution in [0.2, 0.25) is 0 Å². The zero-order valence-electron chi connectivity index (χ0n) is 15.0. The van der Waals surface area contributed by atoms with Crippen LogP contribution in [0, 0.1) is 11.7 Å². The topological polar surface area (TPSA) is 126 Å². The average molecular weight is 386 g/mol. The zero-order valence-corrected chi connectivity index (χ0v) is 15.0. The maximum Gasteiger partial charge on any atom is 0.327 e. The predicted octanol–water partition coefficient (Wildman–Crippen LogP) is 1.73. The minimum absolute atomic E-state index is 0.131. The van der Waals surface area contributed by atoms with Crippen molar-refractivity contribution in [1.82, 2.24) is 15.2 Å². The summed E-state index contributed by atoms with van der Waals surface area (Å²) in [6.45, 7) is 1.62. The number of nitrogen functional groups attached to an aromatic ring is 1.